The number of carbonyl (C=O) groups is 1. The van der Waals surface area contributed by atoms with Gasteiger partial charge in [0.1, 0.15) is 17.2 Å². The summed E-state index contributed by atoms with van der Waals surface area (Å²) in [7, 11) is 0. The van der Waals surface area contributed by atoms with Gasteiger partial charge in [0.2, 0.25) is 0 Å². The van der Waals surface area contributed by atoms with E-state index < -0.39 is 40.6 Å². The minimum Gasteiger partial charge on any atom is -0.355 e. The molecule has 1 heterocycles. The van der Waals surface area contributed by atoms with E-state index in [0.717, 1.165) is 6.08 Å². The van der Waals surface area contributed by atoms with Crippen LogP contribution in [0.3, 0.4) is 0 Å². The molecule has 188 valence electrons. The number of nitriles is 1. The number of fused-ring (bicyclic) bond motifs is 1. The highest BCUT2D eigenvalue weighted by Gasteiger charge is 2.37. The second-order valence-corrected chi connectivity index (χ2v) is 8.15. The van der Waals surface area contributed by atoms with Crippen molar-refractivity contribution in [3.05, 3.63) is 87.9 Å². The SMILES string of the molecule is N#C/C(=C\c1ccc2noc(-c3ccc(Cl)cc3)c2c1)C(=O)Nc1cc(C(F)(F)F)cc(C(F)(F)F)c1. The zero-order valence-corrected chi connectivity index (χ0v) is 19.0. The van der Waals surface area contributed by atoms with E-state index in [9.17, 15) is 36.4 Å². The van der Waals surface area contributed by atoms with Crippen molar-refractivity contribution >= 4 is 40.2 Å². The first kappa shape index (κ1) is 25.8. The van der Waals surface area contributed by atoms with E-state index in [1.807, 2.05) is 5.32 Å². The molecule has 0 unspecified atom stereocenters. The maximum absolute atomic E-state index is 13.1. The molecule has 5 nitrogen and oxygen atoms in total. The fourth-order valence-electron chi connectivity index (χ4n) is 3.40. The Kier molecular flexibility index (Phi) is 6.71. The van der Waals surface area contributed by atoms with Gasteiger partial charge in [-0.2, -0.15) is 31.6 Å². The summed E-state index contributed by atoms with van der Waals surface area (Å²) in [5.74, 6) is -0.813. The van der Waals surface area contributed by atoms with E-state index in [1.165, 1.54) is 6.07 Å². The number of rotatable bonds is 4. The zero-order valence-electron chi connectivity index (χ0n) is 18.2. The van der Waals surface area contributed by atoms with E-state index in [1.54, 1.807) is 42.5 Å². The number of hydrogen-bond acceptors (Lipinski definition) is 4. The third-order valence-corrected chi connectivity index (χ3v) is 5.38. The van der Waals surface area contributed by atoms with Gasteiger partial charge in [-0.05, 0) is 66.2 Å². The summed E-state index contributed by atoms with van der Waals surface area (Å²) in [4.78, 5) is 12.6. The first-order chi connectivity index (χ1) is 17.3. The third kappa shape index (κ3) is 5.76. The van der Waals surface area contributed by atoms with Crippen molar-refractivity contribution in [2.75, 3.05) is 5.32 Å². The maximum atomic E-state index is 13.1. The molecule has 3 aromatic carbocycles. The Balaban J connectivity index is 1.67. The predicted octanol–water partition coefficient (Wildman–Crippen LogP) is 7.73. The van der Waals surface area contributed by atoms with Gasteiger partial charge in [-0.1, -0.05) is 22.8 Å². The molecular weight excluding hydrogens is 524 g/mol. The van der Waals surface area contributed by atoms with Crippen LogP contribution in [0.25, 0.3) is 28.3 Å². The molecule has 1 aromatic heterocycles. The number of anilines is 1. The molecule has 4 aromatic rings. The van der Waals surface area contributed by atoms with Crippen LogP contribution in [0.4, 0.5) is 32.0 Å². The van der Waals surface area contributed by atoms with Crippen LogP contribution in [0.15, 0.2) is 70.8 Å². The fourth-order valence-corrected chi connectivity index (χ4v) is 3.53. The molecule has 0 bridgehead atoms. The Bertz CT molecular complexity index is 1530. The molecule has 0 atom stereocenters. The molecule has 0 radical (unpaired) electrons. The molecule has 0 aliphatic rings. The van der Waals surface area contributed by atoms with Gasteiger partial charge >= 0.3 is 12.4 Å². The number of nitrogens with one attached hydrogen (secondary N) is 1. The lowest BCUT2D eigenvalue weighted by Crippen LogP contribution is -2.16. The second kappa shape index (κ2) is 9.63. The molecule has 0 aliphatic heterocycles. The molecule has 0 saturated carbocycles. The van der Waals surface area contributed by atoms with Gasteiger partial charge in [0, 0.05) is 16.3 Å². The largest absolute Gasteiger partial charge is 0.416 e. The van der Waals surface area contributed by atoms with Crippen LogP contribution in [-0.4, -0.2) is 11.1 Å². The Morgan fingerprint density at radius 3 is 2.14 bits per heavy atom. The van der Waals surface area contributed by atoms with Gasteiger partial charge in [-0.3, -0.25) is 4.79 Å². The van der Waals surface area contributed by atoms with E-state index in [0.29, 0.717) is 44.9 Å². The molecule has 0 aliphatic carbocycles. The minimum absolute atomic E-state index is 0.0663. The monoisotopic (exact) mass is 535 g/mol. The number of halogens is 7. The summed E-state index contributed by atoms with van der Waals surface area (Å²) >= 11 is 5.91. The zero-order chi connectivity index (χ0) is 27.0. The van der Waals surface area contributed by atoms with Crippen LogP contribution in [0.5, 0.6) is 0 Å². The maximum Gasteiger partial charge on any atom is 0.416 e. The van der Waals surface area contributed by atoms with Crippen LogP contribution < -0.4 is 5.32 Å². The molecule has 12 heteroatoms. The summed E-state index contributed by atoms with van der Waals surface area (Å²) in [6.45, 7) is 0. The van der Waals surface area contributed by atoms with Gasteiger partial charge in [0.05, 0.1) is 16.5 Å². The highest BCUT2D eigenvalue weighted by molar-refractivity contribution is 6.30. The highest BCUT2D eigenvalue weighted by Crippen LogP contribution is 2.37. The number of amides is 1. The topological polar surface area (TPSA) is 78.9 Å². The fraction of sp³-hybridized carbons (Fsp3) is 0.0800. The molecule has 1 amide bonds. The molecule has 1 N–H and O–H groups in total. The summed E-state index contributed by atoms with van der Waals surface area (Å²) in [6, 6.07) is 13.5. The lowest BCUT2D eigenvalue weighted by Gasteiger charge is -2.14. The summed E-state index contributed by atoms with van der Waals surface area (Å²) in [5, 5.41) is 16.4. The second-order valence-electron chi connectivity index (χ2n) is 7.71. The van der Waals surface area contributed by atoms with Crippen molar-refractivity contribution < 1.29 is 35.7 Å². The quantitative estimate of drug-likeness (QED) is 0.165. The normalized spacial score (nSPS) is 12.4. The third-order valence-electron chi connectivity index (χ3n) is 5.13. The van der Waals surface area contributed by atoms with Crippen molar-refractivity contribution in [2.45, 2.75) is 12.4 Å². The van der Waals surface area contributed by atoms with Crippen LogP contribution in [0, 0.1) is 11.3 Å². The molecular formula is C25H12ClF6N3O2. The van der Waals surface area contributed by atoms with Gasteiger partial charge in [-0.25, -0.2) is 0 Å². The molecule has 37 heavy (non-hydrogen) atoms. The van der Waals surface area contributed by atoms with Gasteiger partial charge < -0.3 is 9.84 Å². The highest BCUT2D eigenvalue weighted by atomic mass is 35.5. The van der Waals surface area contributed by atoms with Crippen molar-refractivity contribution in [1.82, 2.24) is 5.16 Å². The van der Waals surface area contributed by atoms with Crippen LogP contribution in [0.2, 0.25) is 5.02 Å². The number of alkyl halides is 6. The summed E-state index contributed by atoms with van der Waals surface area (Å²) < 4.78 is 84.0. The van der Waals surface area contributed by atoms with E-state index in [-0.39, 0.29) is 6.07 Å². The Labute approximate surface area is 209 Å². The smallest absolute Gasteiger partial charge is 0.355 e. The number of nitrogens with zero attached hydrogens (tertiary/aromatic N) is 2. The van der Waals surface area contributed by atoms with Crippen molar-refractivity contribution in [3.8, 4) is 17.4 Å². The number of carbonyl (C=O) groups excluding carboxylic acids is 1. The lowest BCUT2D eigenvalue weighted by molar-refractivity contribution is -0.143. The molecule has 0 saturated heterocycles. The average molecular weight is 536 g/mol. The van der Waals surface area contributed by atoms with Crippen molar-refractivity contribution in [2.24, 2.45) is 0 Å². The summed E-state index contributed by atoms with van der Waals surface area (Å²) in [6.07, 6.45) is -9.05. The Morgan fingerprint density at radius 2 is 1.57 bits per heavy atom. The standard InChI is InChI=1S/C25H12ClF6N3O2/c26-18-4-2-14(3-5-18)22-20-8-13(1-6-21(20)35-37-22)7-15(12-33)23(36)34-19-10-16(24(27,28)29)9-17(11-19)25(30,31)32/h1-11H,(H,34,36)/b15-7+. The van der Waals surface area contributed by atoms with Gasteiger partial charge in [0.25, 0.3) is 5.91 Å². The number of hydrogen-bond donors (Lipinski definition) is 1. The minimum atomic E-state index is -5.09. The Hall–Kier alpha value is -4.30. The van der Waals surface area contributed by atoms with Crippen LogP contribution in [0.1, 0.15) is 16.7 Å². The Morgan fingerprint density at radius 1 is 0.946 bits per heavy atom. The van der Waals surface area contributed by atoms with Crippen LogP contribution in [-0.2, 0) is 17.1 Å². The van der Waals surface area contributed by atoms with Gasteiger partial charge in [0.15, 0.2) is 5.76 Å². The van der Waals surface area contributed by atoms with E-state index in [2.05, 4.69) is 5.16 Å². The van der Waals surface area contributed by atoms with Crippen molar-refractivity contribution in [3.63, 3.8) is 0 Å². The number of benzene rings is 3. The lowest BCUT2D eigenvalue weighted by atomic mass is 10.0. The van der Waals surface area contributed by atoms with E-state index >= 15 is 0 Å². The molecule has 4 rings (SSSR count). The average Bonchev–Trinajstić information content (AvgIpc) is 3.25. The predicted molar refractivity (Wildman–Crippen MR) is 123 cm³/mol. The first-order valence-corrected chi connectivity index (χ1v) is 10.6. The van der Waals surface area contributed by atoms with Crippen LogP contribution >= 0.6 is 11.6 Å². The number of aromatic nitrogens is 1. The summed E-state index contributed by atoms with van der Waals surface area (Å²) in [5.41, 5.74) is -3.09. The molecule has 0 fully saturated rings. The molecule has 0 spiro atoms. The van der Waals surface area contributed by atoms with E-state index in [4.69, 9.17) is 16.1 Å². The van der Waals surface area contributed by atoms with Gasteiger partial charge in [-0.15, -0.1) is 0 Å². The first-order valence-electron chi connectivity index (χ1n) is 10.2. The van der Waals surface area contributed by atoms with Crippen molar-refractivity contribution in [1.29, 1.82) is 5.26 Å².